The second-order valence-electron chi connectivity index (χ2n) is 5.23. The Kier molecular flexibility index (Phi) is 6.53. The Balaban J connectivity index is 0.00000192. The third-order valence-electron chi connectivity index (χ3n) is 3.73. The first-order valence-corrected chi connectivity index (χ1v) is 8.18. The lowest BCUT2D eigenvalue weighted by molar-refractivity contribution is 0.0944. The van der Waals surface area contributed by atoms with Gasteiger partial charge in [-0.3, -0.25) is 4.79 Å². The van der Waals surface area contributed by atoms with E-state index in [9.17, 15) is 4.79 Å². The van der Waals surface area contributed by atoms with Gasteiger partial charge in [0.25, 0.3) is 5.91 Å². The largest absolute Gasteiger partial charge is 0.378 e. The number of ether oxygens (including phenoxy) is 1. The molecule has 1 aliphatic rings. The molecule has 1 aliphatic heterocycles. The molecule has 1 aromatic heterocycles. The highest BCUT2D eigenvalue weighted by atomic mass is 35.5. The van der Waals surface area contributed by atoms with E-state index in [-0.39, 0.29) is 24.4 Å². The third kappa shape index (κ3) is 4.29. The van der Waals surface area contributed by atoms with E-state index < -0.39 is 0 Å². The molecule has 0 bridgehead atoms. The maximum Gasteiger partial charge on any atom is 0.270 e. The smallest absolute Gasteiger partial charge is 0.270 e. The predicted molar refractivity (Wildman–Crippen MR) is 93.3 cm³/mol. The summed E-state index contributed by atoms with van der Waals surface area (Å²) in [7, 11) is 1.62. The first kappa shape index (κ1) is 17.9. The van der Waals surface area contributed by atoms with Crippen LogP contribution in [0.15, 0.2) is 29.6 Å². The molecule has 7 heteroatoms. The molecule has 0 spiro atoms. The number of carbonyl (C=O) groups is 1. The molecule has 1 amide bonds. The molecule has 0 fully saturated rings. The van der Waals surface area contributed by atoms with Gasteiger partial charge in [0.1, 0.15) is 10.7 Å². The Morgan fingerprint density at radius 1 is 1.48 bits per heavy atom. The van der Waals surface area contributed by atoms with Gasteiger partial charge in [-0.25, -0.2) is 4.98 Å². The molecule has 2 heterocycles. The van der Waals surface area contributed by atoms with Gasteiger partial charge in [-0.2, -0.15) is 0 Å². The first-order valence-electron chi connectivity index (χ1n) is 7.30. The lowest BCUT2D eigenvalue weighted by Crippen LogP contribution is -2.38. The number of rotatable bonds is 5. The normalized spacial score (nSPS) is 16.3. The number of nitrogens with zero attached hydrogens (tertiary/aromatic N) is 1. The van der Waals surface area contributed by atoms with Crippen LogP contribution >= 0.6 is 23.7 Å². The van der Waals surface area contributed by atoms with E-state index in [1.165, 1.54) is 22.5 Å². The van der Waals surface area contributed by atoms with Gasteiger partial charge in [-0.1, -0.05) is 24.3 Å². The molecule has 1 aromatic carbocycles. The van der Waals surface area contributed by atoms with E-state index in [0.717, 1.165) is 18.0 Å². The van der Waals surface area contributed by atoms with Crippen molar-refractivity contribution in [2.45, 2.75) is 19.1 Å². The van der Waals surface area contributed by atoms with Gasteiger partial charge in [-0.15, -0.1) is 23.7 Å². The molecule has 0 saturated heterocycles. The maximum atomic E-state index is 12.2. The zero-order chi connectivity index (χ0) is 15.4. The maximum absolute atomic E-state index is 12.2. The highest BCUT2D eigenvalue weighted by Gasteiger charge is 2.20. The molecular formula is C16H20ClN3O2S. The molecule has 124 valence electrons. The molecule has 0 radical (unpaired) electrons. The van der Waals surface area contributed by atoms with Crippen LogP contribution in [0.1, 0.15) is 32.7 Å². The van der Waals surface area contributed by atoms with E-state index in [1.807, 2.05) is 6.07 Å². The Morgan fingerprint density at radius 3 is 3.13 bits per heavy atom. The number of halogens is 1. The minimum atomic E-state index is -0.136. The highest BCUT2D eigenvalue weighted by molar-refractivity contribution is 7.09. The topological polar surface area (TPSA) is 63.2 Å². The van der Waals surface area contributed by atoms with Crippen molar-refractivity contribution < 1.29 is 9.53 Å². The summed E-state index contributed by atoms with van der Waals surface area (Å²) in [5, 5.41) is 9.01. The number of hydrogen-bond acceptors (Lipinski definition) is 5. The van der Waals surface area contributed by atoms with Crippen LogP contribution in [0.3, 0.4) is 0 Å². The number of hydrogen-bond donors (Lipinski definition) is 2. The van der Waals surface area contributed by atoms with Crippen LogP contribution in [0.2, 0.25) is 0 Å². The van der Waals surface area contributed by atoms with Crippen molar-refractivity contribution in [2.75, 3.05) is 20.2 Å². The molecule has 1 atom stereocenters. The Labute approximate surface area is 145 Å². The standard InChI is InChI=1S/C16H19N3O2S.ClH/c1-21-9-15-19-14(10-22-15)16(20)18-8-13-12-5-3-2-4-11(12)6-7-17-13;/h2-5,10,13,17H,6-9H2,1H3,(H,18,20);1H. The van der Waals surface area contributed by atoms with Gasteiger partial charge in [0, 0.05) is 25.1 Å². The summed E-state index contributed by atoms with van der Waals surface area (Å²) < 4.78 is 5.02. The quantitative estimate of drug-likeness (QED) is 0.866. The summed E-state index contributed by atoms with van der Waals surface area (Å²) in [5.41, 5.74) is 3.09. The van der Waals surface area contributed by atoms with Gasteiger partial charge in [-0.05, 0) is 24.1 Å². The Hall–Kier alpha value is -1.47. The van der Waals surface area contributed by atoms with Crippen molar-refractivity contribution in [1.82, 2.24) is 15.6 Å². The van der Waals surface area contributed by atoms with E-state index >= 15 is 0 Å². The van der Waals surface area contributed by atoms with E-state index in [2.05, 4.69) is 33.8 Å². The summed E-state index contributed by atoms with van der Waals surface area (Å²) in [5.74, 6) is -0.136. The predicted octanol–water partition coefficient (Wildman–Crippen LogP) is 2.33. The number of nitrogens with one attached hydrogen (secondary N) is 2. The fraction of sp³-hybridized carbons (Fsp3) is 0.375. The summed E-state index contributed by atoms with van der Waals surface area (Å²) in [4.78, 5) is 16.5. The average molecular weight is 354 g/mol. The van der Waals surface area contributed by atoms with Gasteiger partial charge >= 0.3 is 0 Å². The molecule has 2 aromatic rings. The van der Waals surface area contributed by atoms with Crippen LogP contribution in [0, 0.1) is 0 Å². The molecule has 23 heavy (non-hydrogen) atoms. The van der Waals surface area contributed by atoms with Crippen molar-refractivity contribution in [2.24, 2.45) is 0 Å². The molecule has 3 rings (SSSR count). The number of fused-ring (bicyclic) bond motifs is 1. The van der Waals surface area contributed by atoms with Crippen molar-refractivity contribution in [3.8, 4) is 0 Å². The van der Waals surface area contributed by atoms with Crippen LogP contribution in [0.5, 0.6) is 0 Å². The third-order valence-corrected chi connectivity index (χ3v) is 4.56. The molecule has 5 nitrogen and oxygen atoms in total. The van der Waals surface area contributed by atoms with Crippen LogP contribution < -0.4 is 10.6 Å². The second kappa shape index (κ2) is 8.40. The number of methoxy groups -OCH3 is 1. The fourth-order valence-electron chi connectivity index (χ4n) is 2.67. The number of thiazole rings is 1. The molecule has 0 aliphatic carbocycles. The number of benzene rings is 1. The number of amides is 1. The summed E-state index contributed by atoms with van der Waals surface area (Å²) >= 11 is 1.44. The number of carbonyl (C=O) groups excluding carboxylic acids is 1. The second-order valence-corrected chi connectivity index (χ2v) is 6.17. The average Bonchev–Trinajstić information content (AvgIpc) is 3.02. The van der Waals surface area contributed by atoms with E-state index in [0.29, 0.717) is 18.8 Å². The van der Waals surface area contributed by atoms with E-state index in [4.69, 9.17) is 4.74 Å². The fourth-order valence-corrected chi connectivity index (χ4v) is 3.41. The first-order chi connectivity index (χ1) is 10.8. The lowest BCUT2D eigenvalue weighted by Gasteiger charge is -2.27. The Morgan fingerprint density at radius 2 is 2.30 bits per heavy atom. The van der Waals surface area contributed by atoms with Crippen molar-refractivity contribution >= 4 is 29.7 Å². The molecular weight excluding hydrogens is 334 g/mol. The minimum absolute atomic E-state index is 0. The zero-order valence-corrected chi connectivity index (χ0v) is 14.5. The summed E-state index contributed by atoms with van der Waals surface area (Å²) in [6.07, 6.45) is 1.03. The van der Waals surface area contributed by atoms with E-state index in [1.54, 1.807) is 12.5 Å². The number of aromatic nitrogens is 1. The molecule has 2 N–H and O–H groups in total. The summed E-state index contributed by atoms with van der Waals surface area (Å²) in [6, 6.07) is 8.54. The molecule has 1 unspecified atom stereocenters. The van der Waals surface area contributed by atoms with Gasteiger partial charge in [0.2, 0.25) is 0 Å². The monoisotopic (exact) mass is 353 g/mol. The highest BCUT2D eigenvalue weighted by Crippen LogP contribution is 2.22. The van der Waals surface area contributed by atoms with Crippen LogP contribution in [0.25, 0.3) is 0 Å². The van der Waals surface area contributed by atoms with Crippen molar-refractivity contribution in [3.05, 3.63) is 51.5 Å². The van der Waals surface area contributed by atoms with Gasteiger partial charge in [0.05, 0.1) is 6.61 Å². The SMILES string of the molecule is COCc1nc(C(=O)NCC2NCCc3ccccc32)cs1.Cl. The lowest BCUT2D eigenvalue weighted by atomic mass is 9.94. The Bertz CT molecular complexity index is 662. The van der Waals surface area contributed by atoms with Crippen molar-refractivity contribution in [3.63, 3.8) is 0 Å². The van der Waals surface area contributed by atoms with Gasteiger partial charge < -0.3 is 15.4 Å². The molecule has 0 saturated carbocycles. The zero-order valence-electron chi connectivity index (χ0n) is 12.9. The summed E-state index contributed by atoms with van der Waals surface area (Å²) in [6.45, 7) is 1.94. The van der Waals surface area contributed by atoms with Crippen LogP contribution in [-0.4, -0.2) is 31.1 Å². The van der Waals surface area contributed by atoms with Crippen molar-refractivity contribution in [1.29, 1.82) is 0 Å². The minimum Gasteiger partial charge on any atom is -0.378 e. The van der Waals surface area contributed by atoms with Crippen LogP contribution in [-0.2, 0) is 17.8 Å². The van der Waals surface area contributed by atoms with Crippen LogP contribution in [0.4, 0.5) is 0 Å². The van der Waals surface area contributed by atoms with Gasteiger partial charge in [0.15, 0.2) is 0 Å².